The Labute approximate surface area is 98.3 Å². The molecule has 1 unspecified atom stereocenters. The number of ether oxygens (including phenoxy) is 1. The molecule has 0 amide bonds. The molecular formula is C12H24N2O2. The molecule has 1 heterocycles. The van der Waals surface area contributed by atoms with E-state index in [4.69, 9.17) is 4.74 Å². The summed E-state index contributed by atoms with van der Waals surface area (Å²) in [6.07, 6.45) is 1.18. The highest BCUT2D eigenvalue weighted by Gasteiger charge is 2.31. The van der Waals surface area contributed by atoms with Crippen LogP contribution in [0.4, 0.5) is 0 Å². The zero-order valence-electron chi connectivity index (χ0n) is 10.8. The molecule has 0 saturated carbocycles. The van der Waals surface area contributed by atoms with Crippen LogP contribution in [0, 0.1) is 5.41 Å². The first-order valence-corrected chi connectivity index (χ1v) is 5.97. The first-order valence-electron chi connectivity index (χ1n) is 5.97. The van der Waals surface area contributed by atoms with Gasteiger partial charge in [0, 0.05) is 25.2 Å². The minimum absolute atomic E-state index is 0.388. The molecule has 1 saturated heterocycles. The highest BCUT2D eigenvalue weighted by Crippen LogP contribution is 2.27. The summed E-state index contributed by atoms with van der Waals surface area (Å²) >= 11 is 0. The lowest BCUT2D eigenvalue weighted by molar-refractivity contribution is -0.134. The van der Waals surface area contributed by atoms with E-state index in [0.717, 1.165) is 13.1 Å². The van der Waals surface area contributed by atoms with E-state index < -0.39 is 0 Å². The van der Waals surface area contributed by atoms with Crippen LogP contribution in [0.2, 0.25) is 0 Å². The van der Waals surface area contributed by atoms with Gasteiger partial charge in [0.15, 0.2) is 0 Å². The van der Waals surface area contributed by atoms with E-state index in [1.807, 2.05) is 0 Å². The van der Waals surface area contributed by atoms with Crippen LogP contribution < -0.4 is 5.32 Å². The molecule has 0 aliphatic carbocycles. The van der Waals surface area contributed by atoms with E-state index in [9.17, 15) is 4.79 Å². The van der Waals surface area contributed by atoms with Crippen molar-refractivity contribution in [3.8, 4) is 0 Å². The summed E-state index contributed by atoms with van der Waals surface area (Å²) in [5.74, 6) is 0. The quantitative estimate of drug-likeness (QED) is 0.548. The zero-order valence-corrected chi connectivity index (χ0v) is 10.8. The Morgan fingerprint density at radius 1 is 1.56 bits per heavy atom. The molecule has 0 aromatic carbocycles. The van der Waals surface area contributed by atoms with Gasteiger partial charge in [-0.3, -0.25) is 9.69 Å². The molecule has 1 atom stereocenters. The van der Waals surface area contributed by atoms with Gasteiger partial charge in [0.25, 0.3) is 6.47 Å². The largest absolute Gasteiger partial charge is 0.452 e. The third kappa shape index (κ3) is 4.10. The highest BCUT2D eigenvalue weighted by molar-refractivity contribution is 5.36. The summed E-state index contributed by atoms with van der Waals surface area (Å²) in [6, 6.07) is 0.901. The zero-order chi connectivity index (χ0) is 12.2. The molecule has 0 aromatic rings. The van der Waals surface area contributed by atoms with Crippen molar-refractivity contribution in [3.05, 3.63) is 0 Å². The molecule has 1 fully saturated rings. The lowest BCUT2D eigenvalue weighted by atomic mass is 9.90. The molecule has 16 heavy (non-hydrogen) atoms. The van der Waals surface area contributed by atoms with Gasteiger partial charge in [-0.15, -0.1) is 0 Å². The van der Waals surface area contributed by atoms with E-state index in [-0.39, 0.29) is 0 Å². The number of carbonyl (C=O) groups is 1. The third-order valence-electron chi connectivity index (χ3n) is 3.16. The lowest BCUT2D eigenvalue weighted by Crippen LogP contribution is -2.42. The Morgan fingerprint density at radius 2 is 2.25 bits per heavy atom. The van der Waals surface area contributed by atoms with Crippen molar-refractivity contribution in [2.75, 3.05) is 19.8 Å². The summed E-state index contributed by atoms with van der Waals surface area (Å²) in [5, 5.41) is 3.52. The Balaban J connectivity index is 2.40. The van der Waals surface area contributed by atoms with Crippen LogP contribution in [0.1, 0.15) is 34.1 Å². The van der Waals surface area contributed by atoms with E-state index in [0.29, 0.717) is 30.7 Å². The van der Waals surface area contributed by atoms with Crippen molar-refractivity contribution >= 4 is 6.47 Å². The third-order valence-corrected chi connectivity index (χ3v) is 3.16. The second-order valence-electron chi connectivity index (χ2n) is 5.70. The number of rotatable bonds is 6. The van der Waals surface area contributed by atoms with Crippen LogP contribution in [0.5, 0.6) is 0 Å². The number of nitrogens with one attached hydrogen (secondary N) is 1. The summed E-state index contributed by atoms with van der Waals surface area (Å²) in [4.78, 5) is 12.4. The van der Waals surface area contributed by atoms with Crippen LogP contribution in [-0.2, 0) is 9.53 Å². The normalized spacial score (nSPS) is 24.0. The monoisotopic (exact) mass is 228 g/mol. The topological polar surface area (TPSA) is 41.6 Å². The molecular weight excluding hydrogens is 204 g/mol. The van der Waals surface area contributed by atoms with Gasteiger partial charge in [-0.25, -0.2) is 0 Å². The SMILES string of the molecule is CC(C)N(COC=O)CC1CC(C)(C)CN1. The van der Waals surface area contributed by atoms with Crippen molar-refractivity contribution in [1.82, 2.24) is 10.2 Å². The highest BCUT2D eigenvalue weighted by atomic mass is 16.5. The van der Waals surface area contributed by atoms with Gasteiger partial charge in [0.2, 0.25) is 0 Å². The number of nitrogens with zero attached hydrogens (tertiary/aromatic N) is 1. The maximum atomic E-state index is 10.2. The van der Waals surface area contributed by atoms with Crippen molar-refractivity contribution in [2.45, 2.75) is 46.2 Å². The molecule has 1 aliphatic heterocycles. The molecule has 1 rings (SSSR count). The number of hydrogen-bond donors (Lipinski definition) is 1. The maximum Gasteiger partial charge on any atom is 0.294 e. The van der Waals surface area contributed by atoms with Gasteiger partial charge >= 0.3 is 0 Å². The summed E-state index contributed by atoms with van der Waals surface area (Å²) in [5.41, 5.74) is 0.388. The fraction of sp³-hybridized carbons (Fsp3) is 0.917. The average Bonchev–Trinajstić information content (AvgIpc) is 2.52. The first-order chi connectivity index (χ1) is 7.44. The van der Waals surface area contributed by atoms with Crippen molar-refractivity contribution in [2.24, 2.45) is 5.41 Å². The van der Waals surface area contributed by atoms with Gasteiger partial charge in [-0.05, 0) is 25.7 Å². The van der Waals surface area contributed by atoms with Crippen molar-refractivity contribution in [3.63, 3.8) is 0 Å². The van der Waals surface area contributed by atoms with Gasteiger partial charge in [0.1, 0.15) is 6.73 Å². The standard InChI is InChI=1S/C12H24N2O2/c1-10(2)14(8-16-9-15)6-11-5-12(3,4)7-13-11/h9-11,13H,5-8H2,1-4H3. The molecule has 0 bridgehead atoms. The Bertz CT molecular complexity index is 229. The van der Waals surface area contributed by atoms with Crippen LogP contribution in [-0.4, -0.2) is 43.3 Å². The fourth-order valence-corrected chi connectivity index (χ4v) is 2.18. The van der Waals surface area contributed by atoms with E-state index in [1.54, 1.807) is 0 Å². The molecule has 94 valence electrons. The minimum Gasteiger partial charge on any atom is -0.452 e. The van der Waals surface area contributed by atoms with Crippen LogP contribution >= 0.6 is 0 Å². The first kappa shape index (κ1) is 13.5. The second-order valence-corrected chi connectivity index (χ2v) is 5.70. The molecule has 1 aliphatic rings. The molecule has 4 nitrogen and oxygen atoms in total. The Hall–Kier alpha value is -0.610. The van der Waals surface area contributed by atoms with Crippen LogP contribution in [0.15, 0.2) is 0 Å². The van der Waals surface area contributed by atoms with E-state index >= 15 is 0 Å². The van der Waals surface area contributed by atoms with Crippen molar-refractivity contribution < 1.29 is 9.53 Å². The Morgan fingerprint density at radius 3 is 2.69 bits per heavy atom. The Kier molecular flexibility index (Phi) is 4.74. The van der Waals surface area contributed by atoms with Crippen LogP contribution in [0.3, 0.4) is 0 Å². The van der Waals surface area contributed by atoms with Crippen molar-refractivity contribution in [1.29, 1.82) is 0 Å². The van der Waals surface area contributed by atoms with E-state index in [1.165, 1.54) is 6.42 Å². The second kappa shape index (κ2) is 5.64. The molecule has 0 radical (unpaired) electrons. The van der Waals surface area contributed by atoms with Gasteiger partial charge < -0.3 is 10.1 Å². The average molecular weight is 228 g/mol. The summed E-state index contributed by atoms with van der Waals surface area (Å²) < 4.78 is 4.84. The summed E-state index contributed by atoms with van der Waals surface area (Å²) in [7, 11) is 0. The molecule has 1 N–H and O–H groups in total. The van der Waals surface area contributed by atoms with Gasteiger partial charge in [-0.2, -0.15) is 0 Å². The summed E-state index contributed by atoms with van der Waals surface area (Å²) in [6.45, 7) is 11.7. The molecule has 0 spiro atoms. The van der Waals surface area contributed by atoms with Gasteiger partial charge in [-0.1, -0.05) is 13.8 Å². The number of hydrogen-bond acceptors (Lipinski definition) is 4. The smallest absolute Gasteiger partial charge is 0.294 e. The molecule has 4 heteroatoms. The van der Waals surface area contributed by atoms with Gasteiger partial charge in [0.05, 0.1) is 0 Å². The minimum atomic E-state index is 0.388. The number of carbonyl (C=O) groups excluding carboxylic acids is 1. The predicted molar refractivity (Wildman–Crippen MR) is 64.0 cm³/mol. The molecule has 0 aromatic heterocycles. The predicted octanol–water partition coefficient (Wildman–Crippen LogP) is 1.22. The van der Waals surface area contributed by atoms with E-state index in [2.05, 4.69) is 37.9 Å². The maximum absolute atomic E-state index is 10.2. The fourth-order valence-electron chi connectivity index (χ4n) is 2.18. The van der Waals surface area contributed by atoms with Crippen LogP contribution in [0.25, 0.3) is 0 Å². The lowest BCUT2D eigenvalue weighted by Gasteiger charge is -2.28.